The van der Waals surface area contributed by atoms with Gasteiger partial charge >= 0.3 is 0 Å². The predicted octanol–water partition coefficient (Wildman–Crippen LogP) is 2.83. The molecule has 1 saturated carbocycles. The van der Waals surface area contributed by atoms with E-state index in [0.29, 0.717) is 37.7 Å². The van der Waals surface area contributed by atoms with E-state index in [1.807, 2.05) is 9.58 Å². The Labute approximate surface area is 145 Å². The van der Waals surface area contributed by atoms with Gasteiger partial charge in [-0.05, 0) is 37.5 Å². The smallest absolute Gasteiger partial charge is 0.272 e. The molecule has 2 aliphatic rings. The summed E-state index contributed by atoms with van der Waals surface area (Å²) in [6, 6.07) is 5.03. The van der Waals surface area contributed by atoms with Crippen LogP contribution in [0, 0.1) is 5.82 Å². The highest BCUT2D eigenvalue weighted by Gasteiger charge is 2.30. The fourth-order valence-electron chi connectivity index (χ4n) is 3.36. The summed E-state index contributed by atoms with van der Waals surface area (Å²) < 4.78 is 21.2. The fraction of sp³-hybridized carbons (Fsp3) is 0.500. The molecule has 132 valence electrons. The van der Waals surface area contributed by atoms with Crippen LogP contribution >= 0.6 is 0 Å². The van der Waals surface area contributed by atoms with Gasteiger partial charge in [0.25, 0.3) is 11.8 Å². The van der Waals surface area contributed by atoms with Crippen molar-refractivity contribution >= 4 is 5.91 Å². The monoisotopic (exact) mass is 344 g/mol. The Morgan fingerprint density at radius 3 is 2.64 bits per heavy atom. The number of amides is 1. The van der Waals surface area contributed by atoms with Crippen molar-refractivity contribution in [3.8, 4) is 5.88 Å². The summed E-state index contributed by atoms with van der Waals surface area (Å²) in [6.45, 7) is 1.18. The normalized spacial score (nSPS) is 18.8. The largest absolute Gasteiger partial charge is 0.472 e. The third-order valence-electron chi connectivity index (χ3n) is 5.04. The maximum absolute atomic E-state index is 13.6. The number of pyridine rings is 1. The maximum atomic E-state index is 13.6. The molecule has 0 N–H and O–H groups in total. The summed E-state index contributed by atoms with van der Waals surface area (Å²) in [5.74, 6) is -0.396. The number of halogens is 1. The van der Waals surface area contributed by atoms with Crippen LogP contribution < -0.4 is 4.74 Å². The number of ether oxygens (including phenoxy) is 1. The summed E-state index contributed by atoms with van der Waals surface area (Å²) in [4.78, 5) is 18.6. The van der Waals surface area contributed by atoms with Gasteiger partial charge in [-0.15, -0.1) is 0 Å². The lowest BCUT2D eigenvalue weighted by Gasteiger charge is -2.33. The Balaban J connectivity index is 1.36. The number of hydrogen-bond donors (Lipinski definition) is 0. The molecule has 1 saturated heterocycles. The summed E-state index contributed by atoms with van der Waals surface area (Å²) in [6.07, 6.45) is 7.80. The van der Waals surface area contributed by atoms with Crippen LogP contribution in [-0.2, 0) is 0 Å². The molecule has 1 aliphatic carbocycles. The van der Waals surface area contributed by atoms with Gasteiger partial charge in [0.05, 0.1) is 6.04 Å². The average Bonchev–Trinajstić information content (AvgIpc) is 3.04. The summed E-state index contributed by atoms with van der Waals surface area (Å²) >= 11 is 0. The van der Waals surface area contributed by atoms with E-state index in [4.69, 9.17) is 4.74 Å². The molecule has 7 heteroatoms. The number of carbonyl (C=O) groups is 1. The minimum atomic E-state index is -0.453. The van der Waals surface area contributed by atoms with Crippen LogP contribution in [0.15, 0.2) is 30.6 Å². The van der Waals surface area contributed by atoms with Crippen molar-refractivity contribution in [2.45, 2.75) is 44.2 Å². The zero-order valence-corrected chi connectivity index (χ0v) is 14.0. The lowest BCUT2D eigenvalue weighted by Crippen LogP contribution is -2.43. The molecule has 2 fully saturated rings. The molecule has 0 atom stereocenters. The predicted molar refractivity (Wildman–Crippen MR) is 88.9 cm³/mol. The van der Waals surface area contributed by atoms with Crippen molar-refractivity contribution < 1.29 is 13.9 Å². The van der Waals surface area contributed by atoms with Gasteiger partial charge in [-0.25, -0.2) is 9.37 Å². The van der Waals surface area contributed by atoms with Gasteiger partial charge in [0.2, 0.25) is 0 Å². The van der Waals surface area contributed by atoms with Gasteiger partial charge in [-0.3, -0.25) is 9.48 Å². The van der Waals surface area contributed by atoms with Gasteiger partial charge in [0.1, 0.15) is 11.8 Å². The second-order valence-corrected chi connectivity index (χ2v) is 6.65. The number of nitrogens with zero attached hydrogens (tertiary/aromatic N) is 4. The van der Waals surface area contributed by atoms with E-state index in [1.54, 1.807) is 12.3 Å². The van der Waals surface area contributed by atoms with Gasteiger partial charge in [-0.1, -0.05) is 0 Å². The zero-order chi connectivity index (χ0) is 17.2. The second-order valence-electron chi connectivity index (χ2n) is 6.65. The van der Waals surface area contributed by atoms with Crippen LogP contribution in [0.3, 0.4) is 0 Å². The van der Waals surface area contributed by atoms with E-state index < -0.39 is 5.82 Å². The molecule has 0 aromatic carbocycles. The van der Waals surface area contributed by atoms with Gasteiger partial charge < -0.3 is 9.64 Å². The summed E-state index contributed by atoms with van der Waals surface area (Å²) in [5.41, 5.74) is 0.667. The fourth-order valence-corrected chi connectivity index (χ4v) is 3.36. The molecular weight excluding hydrogens is 323 g/mol. The molecule has 0 unspecified atom stereocenters. The van der Waals surface area contributed by atoms with Crippen LogP contribution in [0.5, 0.6) is 5.88 Å². The van der Waals surface area contributed by atoms with Crippen LogP contribution in [0.1, 0.15) is 48.6 Å². The first-order valence-electron chi connectivity index (χ1n) is 8.82. The van der Waals surface area contributed by atoms with E-state index in [-0.39, 0.29) is 17.9 Å². The third-order valence-corrected chi connectivity index (χ3v) is 5.04. The van der Waals surface area contributed by atoms with E-state index in [1.165, 1.54) is 24.8 Å². The number of aromatic nitrogens is 3. The molecule has 1 amide bonds. The molecule has 0 spiro atoms. The zero-order valence-electron chi connectivity index (χ0n) is 14.0. The Morgan fingerprint density at radius 2 is 1.96 bits per heavy atom. The van der Waals surface area contributed by atoms with Crippen LogP contribution in [0.2, 0.25) is 0 Å². The molecule has 0 radical (unpaired) electrons. The van der Waals surface area contributed by atoms with Gasteiger partial charge in [0, 0.05) is 38.3 Å². The first-order chi connectivity index (χ1) is 12.2. The van der Waals surface area contributed by atoms with Gasteiger partial charge in [0.15, 0.2) is 5.82 Å². The first kappa shape index (κ1) is 16.1. The number of carbonyl (C=O) groups excluding carboxylic acids is 1. The minimum Gasteiger partial charge on any atom is -0.472 e. The van der Waals surface area contributed by atoms with Crippen molar-refractivity contribution in [2.24, 2.45) is 0 Å². The molecule has 0 bridgehead atoms. The molecule has 1 aliphatic heterocycles. The van der Waals surface area contributed by atoms with Crippen LogP contribution in [0.4, 0.5) is 4.39 Å². The molecule has 4 rings (SSSR count). The molecule has 2 aromatic heterocycles. The van der Waals surface area contributed by atoms with E-state index in [0.717, 1.165) is 12.8 Å². The highest BCUT2D eigenvalue weighted by Crippen LogP contribution is 2.32. The van der Waals surface area contributed by atoms with E-state index in [9.17, 15) is 9.18 Å². The molecule has 25 heavy (non-hydrogen) atoms. The second kappa shape index (κ2) is 6.82. The topological polar surface area (TPSA) is 60.2 Å². The Morgan fingerprint density at radius 1 is 1.16 bits per heavy atom. The highest BCUT2D eigenvalue weighted by atomic mass is 19.1. The van der Waals surface area contributed by atoms with Crippen molar-refractivity contribution in [1.29, 1.82) is 0 Å². The average molecular weight is 344 g/mol. The number of hydrogen-bond acceptors (Lipinski definition) is 4. The third kappa shape index (κ3) is 3.23. The highest BCUT2D eigenvalue weighted by molar-refractivity contribution is 5.92. The van der Waals surface area contributed by atoms with Crippen LogP contribution in [-0.4, -0.2) is 44.8 Å². The Bertz CT molecular complexity index is 751. The number of piperidine rings is 1. The number of rotatable bonds is 4. The SMILES string of the molecule is O=C(c1ccnn1C1CCC1)N1CCC(Oc2ncccc2F)CC1. The van der Waals surface area contributed by atoms with Crippen molar-refractivity contribution in [3.05, 3.63) is 42.1 Å². The first-order valence-corrected chi connectivity index (χ1v) is 8.82. The lowest BCUT2D eigenvalue weighted by atomic mass is 9.93. The Hall–Kier alpha value is -2.44. The minimum absolute atomic E-state index is 0.0202. The molecule has 3 heterocycles. The maximum Gasteiger partial charge on any atom is 0.272 e. The molecule has 6 nitrogen and oxygen atoms in total. The van der Waals surface area contributed by atoms with Crippen molar-refractivity contribution in [2.75, 3.05) is 13.1 Å². The summed E-state index contributed by atoms with van der Waals surface area (Å²) in [5, 5.41) is 4.33. The lowest BCUT2D eigenvalue weighted by molar-refractivity contribution is 0.0562. The molecule has 2 aromatic rings. The van der Waals surface area contributed by atoms with E-state index >= 15 is 0 Å². The van der Waals surface area contributed by atoms with Crippen molar-refractivity contribution in [1.82, 2.24) is 19.7 Å². The number of likely N-dealkylation sites (tertiary alicyclic amines) is 1. The summed E-state index contributed by atoms with van der Waals surface area (Å²) in [7, 11) is 0. The quantitative estimate of drug-likeness (QED) is 0.856. The van der Waals surface area contributed by atoms with Gasteiger partial charge in [-0.2, -0.15) is 5.10 Å². The standard InChI is InChI=1S/C18H21FN4O2/c19-15-5-2-9-20-17(15)25-14-7-11-22(12-8-14)18(24)16-6-10-21-23(16)13-3-1-4-13/h2,5-6,9-10,13-14H,1,3-4,7-8,11-12H2. The van der Waals surface area contributed by atoms with Crippen LogP contribution in [0.25, 0.3) is 0 Å². The van der Waals surface area contributed by atoms with Crippen molar-refractivity contribution in [3.63, 3.8) is 0 Å². The van der Waals surface area contributed by atoms with E-state index in [2.05, 4.69) is 10.1 Å². The molecular formula is C18H21FN4O2. The Kier molecular flexibility index (Phi) is 4.38.